The molecule has 0 aliphatic heterocycles. The fourth-order valence-electron chi connectivity index (χ4n) is 1.78. The minimum absolute atomic E-state index is 0.747. The Labute approximate surface area is 123 Å². The van der Waals surface area contributed by atoms with E-state index in [0.717, 1.165) is 27.1 Å². The van der Waals surface area contributed by atoms with Crippen LogP contribution >= 0.6 is 23.4 Å². The molecule has 0 amide bonds. The first-order valence-corrected chi connectivity index (χ1v) is 7.18. The average Bonchev–Trinajstić information content (AvgIpc) is 2.42. The van der Waals surface area contributed by atoms with Crippen LogP contribution in [0, 0.1) is 0 Å². The van der Waals surface area contributed by atoms with Gasteiger partial charge >= 0.3 is 0 Å². The first kappa shape index (κ1) is 14.3. The van der Waals surface area contributed by atoms with Gasteiger partial charge in [-0.1, -0.05) is 41.6 Å². The van der Waals surface area contributed by atoms with Crippen molar-refractivity contribution in [2.45, 2.75) is 16.3 Å². The molecule has 100 valence electrons. The largest absolute Gasteiger partial charge is 0.496 e. The average molecular weight is 294 g/mol. The molecule has 1 N–H and O–H groups in total. The van der Waals surface area contributed by atoms with Gasteiger partial charge in [-0.2, -0.15) is 0 Å². The molecule has 2 aromatic rings. The third-order valence-electron chi connectivity index (χ3n) is 2.69. The smallest absolute Gasteiger partial charge is 0.132 e. The Bertz CT molecular complexity index is 560. The van der Waals surface area contributed by atoms with Crippen molar-refractivity contribution in [3.8, 4) is 5.75 Å². The fourth-order valence-corrected chi connectivity index (χ4v) is 3.11. The summed E-state index contributed by atoms with van der Waals surface area (Å²) in [6.07, 6.45) is 0. The van der Waals surface area contributed by atoms with Gasteiger partial charge in [0.1, 0.15) is 5.75 Å². The Morgan fingerprint density at radius 2 is 1.95 bits per heavy atom. The zero-order valence-corrected chi connectivity index (χ0v) is 12.5. The Morgan fingerprint density at radius 3 is 2.68 bits per heavy atom. The minimum atomic E-state index is 0.747. The van der Waals surface area contributed by atoms with E-state index >= 15 is 0 Å². The third kappa shape index (κ3) is 3.66. The van der Waals surface area contributed by atoms with Crippen molar-refractivity contribution in [1.82, 2.24) is 5.32 Å². The Hall–Kier alpha value is -1.16. The zero-order chi connectivity index (χ0) is 13.7. The number of nitrogens with one attached hydrogen (secondary N) is 1. The molecule has 0 saturated carbocycles. The van der Waals surface area contributed by atoms with Crippen LogP contribution in [-0.4, -0.2) is 14.2 Å². The maximum absolute atomic E-state index is 6.09. The quantitative estimate of drug-likeness (QED) is 0.892. The van der Waals surface area contributed by atoms with Gasteiger partial charge in [0, 0.05) is 16.5 Å². The summed E-state index contributed by atoms with van der Waals surface area (Å²) >= 11 is 7.76. The van der Waals surface area contributed by atoms with Crippen LogP contribution in [0.1, 0.15) is 5.56 Å². The molecule has 19 heavy (non-hydrogen) atoms. The summed E-state index contributed by atoms with van der Waals surface area (Å²) in [4.78, 5) is 2.23. The monoisotopic (exact) mass is 293 g/mol. The van der Waals surface area contributed by atoms with E-state index in [1.807, 2.05) is 43.4 Å². The van der Waals surface area contributed by atoms with Gasteiger partial charge in [-0.3, -0.25) is 0 Å². The molecule has 0 radical (unpaired) electrons. The van der Waals surface area contributed by atoms with E-state index in [1.54, 1.807) is 18.9 Å². The molecule has 0 saturated heterocycles. The molecular formula is C15H16ClNOS. The first-order valence-electron chi connectivity index (χ1n) is 5.98. The van der Waals surface area contributed by atoms with Crippen LogP contribution < -0.4 is 10.1 Å². The van der Waals surface area contributed by atoms with E-state index in [0.29, 0.717) is 0 Å². The second-order valence-corrected chi connectivity index (χ2v) is 5.56. The molecule has 0 aliphatic rings. The molecule has 0 fully saturated rings. The number of ether oxygens (including phenoxy) is 1. The van der Waals surface area contributed by atoms with Crippen LogP contribution in [0.15, 0.2) is 52.3 Å². The number of rotatable bonds is 5. The molecule has 2 aromatic carbocycles. The second-order valence-electron chi connectivity index (χ2n) is 4.04. The molecule has 0 bridgehead atoms. The van der Waals surface area contributed by atoms with Gasteiger partial charge in [0.2, 0.25) is 0 Å². The highest BCUT2D eigenvalue weighted by Crippen LogP contribution is 2.37. The van der Waals surface area contributed by atoms with Crippen LogP contribution in [0.5, 0.6) is 5.75 Å². The fraction of sp³-hybridized carbons (Fsp3) is 0.200. The topological polar surface area (TPSA) is 21.3 Å². The van der Waals surface area contributed by atoms with Gasteiger partial charge in [-0.05, 0) is 36.9 Å². The summed E-state index contributed by atoms with van der Waals surface area (Å²) < 4.78 is 5.38. The predicted octanol–water partition coefficient (Wildman–Crippen LogP) is 4.22. The molecule has 0 unspecified atom stereocenters. The molecule has 0 aromatic heterocycles. The molecule has 0 atom stereocenters. The van der Waals surface area contributed by atoms with E-state index in [9.17, 15) is 0 Å². The van der Waals surface area contributed by atoms with E-state index in [2.05, 4.69) is 11.4 Å². The third-order valence-corrected chi connectivity index (χ3v) is 4.08. The number of halogens is 1. The summed E-state index contributed by atoms with van der Waals surface area (Å²) in [5, 5.41) is 3.92. The summed E-state index contributed by atoms with van der Waals surface area (Å²) in [5.74, 6) is 0.878. The Kier molecular flexibility index (Phi) is 5.14. The van der Waals surface area contributed by atoms with E-state index in [-0.39, 0.29) is 0 Å². The minimum Gasteiger partial charge on any atom is -0.496 e. The summed E-state index contributed by atoms with van der Waals surface area (Å²) in [6, 6.07) is 13.9. The van der Waals surface area contributed by atoms with Gasteiger partial charge in [0.15, 0.2) is 0 Å². The lowest BCUT2D eigenvalue weighted by atomic mass is 10.2. The molecule has 0 heterocycles. The van der Waals surface area contributed by atoms with E-state index in [1.165, 1.54) is 5.56 Å². The number of hydrogen-bond acceptors (Lipinski definition) is 3. The summed E-state index contributed by atoms with van der Waals surface area (Å²) in [6.45, 7) is 0.814. The lowest BCUT2D eigenvalue weighted by Crippen LogP contribution is -2.06. The number of benzene rings is 2. The van der Waals surface area contributed by atoms with Crippen molar-refractivity contribution in [1.29, 1.82) is 0 Å². The Morgan fingerprint density at radius 1 is 1.16 bits per heavy atom. The normalized spacial score (nSPS) is 10.5. The highest BCUT2D eigenvalue weighted by Gasteiger charge is 2.08. The molecule has 0 aliphatic carbocycles. The highest BCUT2D eigenvalue weighted by atomic mass is 35.5. The van der Waals surface area contributed by atoms with Gasteiger partial charge < -0.3 is 10.1 Å². The van der Waals surface area contributed by atoms with Gasteiger partial charge in [-0.15, -0.1) is 0 Å². The molecule has 2 nitrogen and oxygen atoms in total. The van der Waals surface area contributed by atoms with Crippen LogP contribution in [0.25, 0.3) is 0 Å². The molecular weight excluding hydrogens is 278 g/mol. The lowest BCUT2D eigenvalue weighted by molar-refractivity contribution is 0.405. The van der Waals surface area contributed by atoms with Crippen LogP contribution in [0.4, 0.5) is 0 Å². The van der Waals surface area contributed by atoms with E-state index < -0.39 is 0 Å². The number of hydrogen-bond donors (Lipinski definition) is 1. The SMILES string of the molecule is CNCc1ccc(Cl)cc1Sc1ccccc1OC. The van der Waals surface area contributed by atoms with Gasteiger partial charge in [-0.25, -0.2) is 0 Å². The van der Waals surface area contributed by atoms with E-state index in [4.69, 9.17) is 16.3 Å². The maximum Gasteiger partial charge on any atom is 0.132 e. The maximum atomic E-state index is 6.09. The van der Waals surface area contributed by atoms with Crippen molar-refractivity contribution >= 4 is 23.4 Å². The molecule has 0 spiro atoms. The number of para-hydroxylation sites is 1. The Balaban J connectivity index is 2.34. The van der Waals surface area contributed by atoms with Crippen LogP contribution in [0.2, 0.25) is 5.02 Å². The zero-order valence-electron chi connectivity index (χ0n) is 10.9. The van der Waals surface area contributed by atoms with Crippen LogP contribution in [0.3, 0.4) is 0 Å². The second kappa shape index (κ2) is 6.85. The van der Waals surface area contributed by atoms with Gasteiger partial charge in [0.25, 0.3) is 0 Å². The van der Waals surface area contributed by atoms with Crippen molar-refractivity contribution < 1.29 is 4.74 Å². The van der Waals surface area contributed by atoms with Crippen molar-refractivity contribution in [3.05, 3.63) is 53.1 Å². The number of methoxy groups -OCH3 is 1. The van der Waals surface area contributed by atoms with Crippen molar-refractivity contribution in [2.75, 3.05) is 14.2 Å². The molecule has 4 heteroatoms. The summed E-state index contributed by atoms with van der Waals surface area (Å²) in [5.41, 5.74) is 1.22. The van der Waals surface area contributed by atoms with Crippen molar-refractivity contribution in [3.63, 3.8) is 0 Å². The summed E-state index contributed by atoms with van der Waals surface area (Å²) in [7, 11) is 3.62. The standard InChI is InChI=1S/C15H16ClNOS/c1-17-10-11-7-8-12(16)9-15(11)19-14-6-4-3-5-13(14)18-2/h3-9,17H,10H2,1-2H3. The first-order chi connectivity index (χ1) is 9.24. The molecule has 2 rings (SSSR count). The highest BCUT2D eigenvalue weighted by molar-refractivity contribution is 7.99. The van der Waals surface area contributed by atoms with Gasteiger partial charge in [0.05, 0.1) is 12.0 Å². The lowest BCUT2D eigenvalue weighted by Gasteiger charge is -2.11. The van der Waals surface area contributed by atoms with Crippen LogP contribution in [-0.2, 0) is 6.54 Å². The van der Waals surface area contributed by atoms with Crippen molar-refractivity contribution in [2.24, 2.45) is 0 Å². The predicted molar refractivity (Wildman–Crippen MR) is 81.3 cm³/mol.